The van der Waals surface area contributed by atoms with Gasteiger partial charge in [-0.3, -0.25) is 0 Å². The van der Waals surface area contributed by atoms with Crippen LogP contribution in [0.3, 0.4) is 0 Å². The van der Waals surface area contributed by atoms with Crippen LogP contribution in [0.1, 0.15) is 18.4 Å². The zero-order valence-corrected chi connectivity index (χ0v) is 13.4. The lowest BCUT2D eigenvalue weighted by atomic mass is 9.97. The van der Waals surface area contributed by atoms with Crippen LogP contribution in [0.5, 0.6) is 5.75 Å². The van der Waals surface area contributed by atoms with Gasteiger partial charge < -0.3 is 15.0 Å². The van der Waals surface area contributed by atoms with E-state index in [9.17, 15) is 0 Å². The molecule has 1 aliphatic rings. The van der Waals surface area contributed by atoms with Crippen molar-refractivity contribution in [2.24, 2.45) is 5.92 Å². The van der Waals surface area contributed by atoms with E-state index in [4.69, 9.17) is 4.74 Å². The van der Waals surface area contributed by atoms with Gasteiger partial charge in [0.1, 0.15) is 5.75 Å². The van der Waals surface area contributed by atoms with Gasteiger partial charge in [0, 0.05) is 6.54 Å². The molecule has 1 aromatic carbocycles. The van der Waals surface area contributed by atoms with Crippen molar-refractivity contribution < 1.29 is 4.74 Å². The summed E-state index contributed by atoms with van der Waals surface area (Å²) in [5, 5.41) is 3.57. The summed E-state index contributed by atoms with van der Waals surface area (Å²) in [5.74, 6) is 1.72. The number of nitrogens with one attached hydrogen (secondary N) is 1. The number of nitrogens with zero attached hydrogens (tertiary/aromatic N) is 1. The number of benzene rings is 1. The van der Waals surface area contributed by atoms with E-state index >= 15 is 0 Å². The molecule has 1 N–H and O–H groups in total. The van der Waals surface area contributed by atoms with Crippen molar-refractivity contribution in [1.82, 2.24) is 10.2 Å². The number of hydrogen-bond donors (Lipinski definition) is 1. The Morgan fingerprint density at radius 1 is 1.37 bits per heavy atom. The van der Waals surface area contributed by atoms with Crippen LogP contribution < -0.4 is 10.1 Å². The number of piperidine rings is 1. The number of methoxy groups -OCH3 is 1. The number of rotatable bonds is 5. The van der Waals surface area contributed by atoms with Crippen LogP contribution in [-0.2, 0) is 6.54 Å². The van der Waals surface area contributed by atoms with Crippen LogP contribution in [0.25, 0.3) is 0 Å². The first-order chi connectivity index (χ1) is 9.19. The fraction of sp³-hybridized carbons (Fsp3) is 0.600. The Morgan fingerprint density at radius 3 is 2.74 bits per heavy atom. The molecule has 0 saturated carbocycles. The van der Waals surface area contributed by atoms with Crippen LogP contribution >= 0.6 is 15.9 Å². The molecule has 1 fully saturated rings. The predicted molar refractivity (Wildman–Crippen MR) is 82.6 cm³/mol. The van der Waals surface area contributed by atoms with Gasteiger partial charge in [0.25, 0.3) is 0 Å². The largest absolute Gasteiger partial charge is 0.496 e. The molecule has 0 atom stereocenters. The summed E-state index contributed by atoms with van der Waals surface area (Å²) in [6, 6.07) is 6.25. The average Bonchev–Trinajstić information content (AvgIpc) is 2.41. The van der Waals surface area contributed by atoms with Gasteiger partial charge in [0.15, 0.2) is 0 Å². The zero-order chi connectivity index (χ0) is 13.7. The van der Waals surface area contributed by atoms with E-state index in [1.54, 1.807) is 7.11 Å². The van der Waals surface area contributed by atoms with Gasteiger partial charge in [0.05, 0.1) is 11.6 Å². The van der Waals surface area contributed by atoms with E-state index in [-0.39, 0.29) is 0 Å². The standard InChI is InChI=1S/C15H23BrN2O/c1-18-7-5-12(6-8-18)10-17-11-13-3-4-15(19-2)14(16)9-13/h3-4,9,12,17H,5-8,10-11H2,1-2H3. The van der Waals surface area contributed by atoms with Gasteiger partial charge in [-0.05, 0) is 79.1 Å². The molecule has 1 aliphatic heterocycles. The highest BCUT2D eigenvalue weighted by Crippen LogP contribution is 2.25. The third-order valence-corrected chi connectivity index (χ3v) is 4.44. The Hall–Kier alpha value is -0.580. The van der Waals surface area contributed by atoms with Crippen molar-refractivity contribution in [2.45, 2.75) is 19.4 Å². The van der Waals surface area contributed by atoms with E-state index in [1.807, 2.05) is 6.07 Å². The normalized spacial score (nSPS) is 17.6. The fourth-order valence-corrected chi connectivity index (χ4v) is 3.09. The van der Waals surface area contributed by atoms with E-state index < -0.39 is 0 Å². The highest BCUT2D eigenvalue weighted by Gasteiger charge is 2.15. The molecule has 106 valence electrons. The zero-order valence-electron chi connectivity index (χ0n) is 11.8. The molecule has 3 nitrogen and oxygen atoms in total. The monoisotopic (exact) mass is 326 g/mol. The molecule has 0 spiro atoms. The average molecular weight is 327 g/mol. The first-order valence-corrected chi connectivity index (χ1v) is 7.70. The minimum absolute atomic E-state index is 0.831. The molecular formula is C15H23BrN2O. The van der Waals surface area contributed by atoms with E-state index in [2.05, 4.69) is 45.3 Å². The minimum atomic E-state index is 0.831. The highest BCUT2D eigenvalue weighted by molar-refractivity contribution is 9.10. The van der Waals surface area contributed by atoms with Crippen molar-refractivity contribution >= 4 is 15.9 Å². The Balaban J connectivity index is 1.75. The summed E-state index contributed by atoms with van der Waals surface area (Å²) in [6.07, 6.45) is 2.63. The molecule has 0 unspecified atom stereocenters. The van der Waals surface area contributed by atoms with Crippen LogP contribution in [-0.4, -0.2) is 38.7 Å². The number of halogens is 1. The maximum Gasteiger partial charge on any atom is 0.133 e. The molecule has 1 saturated heterocycles. The molecule has 1 heterocycles. The molecule has 0 radical (unpaired) electrons. The summed E-state index contributed by atoms with van der Waals surface area (Å²) in [6.45, 7) is 4.52. The first-order valence-electron chi connectivity index (χ1n) is 6.90. The van der Waals surface area contributed by atoms with Gasteiger partial charge in [-0.25, -0.2) is 0 Å². The number of likely N-dealkylation sites (tertiary alicyclic amines) is 1. The van der Waals surface area contributed by atoms with Crippen molar-refractivity contribution in [3.63, 3.8) is 0 Å². The molecular weight excluding hydrogens is 304 g/mol. The summed E-state index contributed by atoms with van der Waals surface area (Å²) < 4.78 is 6.26. The fourth-order valence-electron chi connectivity index (χ4n) is 2.51. The van der Waals surface area contributed by atoms with Gasteiger partial charge in [-0.15, -0.1) is 0 Å². The van der Waals surface area contributed by atoms with Crippen molar-refractivity contribution in [1.29, 1.82) is 0 Å². The summed E-state index contributed by atoms with van der Waals surface area (Å²) in [4.78, 5) is 2.41. The lowest BCUT2D eigenvalue weighted by Crippen LogP contribution is -2.34. The van der Waals surface area contributed by atoms with Gasteiger partial charge in [0.2, 0.25) is 0 Å². The number of ether oxygens (including phenoxy) is 1. The Morgan fingerprint density at radius 2 is 2.11 bits per heavy atom. The summed E-state index contributed by atoms with van der Waals surface area (Å²) in [7, 11) is 3.90. The Labute approximate surface area is 124 Å². The second-order valence-electron chi connectivity index (χ2n) is 5.35. The Kier molecular flexibility index (Phi) is 5.67. The van der Waals surface area contributed by atoms with Gasteiger partial charge >= 0.3 is 0 Å². The van der Waals surface area contributed by atoms with Crippen molar-refractivity contribution in [3.05, 3.63) is 28.2 Å². The van der Waals surface area contributed by atoms with Gasteiger partial charge in [-0.1, -0.05) is 6.07 Å². The first kappa shape index (κ1) is 14.8. The molecule has 0 aromatic heterocycles. The van der Waals surface area contributed by atoms with E-state index in [1.165, 1.54) is 31.5 Å². The highest BCUT2D eigenvalue weighted by atomic mass is 79.9. The maximum atomic E-state index is 5.24. The third-order valence-electron chi connectivity index (χ3n) is 3.82. The Bertz CT molecular complexity index is 403. The lowest BCUT2D eigenvalue weighted by molar-refractivity contribution is 0.216. The maximum absolute atomic E-state index is 5.24. The molecule has 0 bridgehead atoms. The van der Waals surface area contributed by atoms with Gasteiger partial charge in [-0.2, -0.15) is 0 Å². The molecule has 0 amide bonds. The molecule has 19 heavy (non-hydrogen) atoms. The van der Waals surface area contributed by atoms with Crippen LogP contribution in [0.15, 0.2) is 22.7 Å². The SMILES string of the molecule is COc1ccc(CNCC2CCN(C)CC2)cc1Br. The van der Waals surface area contributed by atoms with Crippen molar-refractivity contribution in [3.8, 4) is 5.75 Å². The topological polar surface area (TPSA) is 24.5 Å². The minimum Gasteiger partial charge on any atom is -0.496 e. The molecule has 2 rings (SSSR count). The molecule has 4 heteroatoms. The second kappa shape index (κ2) is 7.27. The smallest absolute Gasteiger partial charge is 0.133 e. The predicted octanol–water partition coefficient (Wildman–Crippen LogP) is 2.89. The van der Waals surface area contributed by atoms with Crippen LogP contribution in [0.2, 0.25) is 0 Å². The third kappa shape index (κ3) is 4.48. The second-order valence-corrected chi connectivity index (χ2v) is 6.20. The van der Waals surface area contributed by atoms with Crippen molar-refractivity contribution in [2.75, 3.05) is 33.8 Å². The van der Waals surface area contributed by atoms with Crippen LogP contribution in [0, 0.1) is 5.92 Å². The summed E-state index contributed by atoms with van der Waals surface area (Å²) >= 11 is 3.52. The number of hydrogen-bond acceptors (Lipinski definition) is 3. The molecule has 0 aliphatic carbocycles. The quantitative estimate of drug-likeness (QED) is 0.900. The van der Waals surface area contributed by atoms with Crippen LogP contribution in [0.4, 0.5) is 0 Å². The molecule has 1 aromatic rings. The lowest BCUT2D eigenvalue weighted by Gasteiger charge is -2.29. The van der Waals surface area contributed by atoms with E-state index in [0.717, 1.165) is 29.2 Å². The van der Waals surface area contributed by atoms with E-state index in [0.29, 0.717) is 0 Å². The summed E-state index contributed by atoms with van der Waals surface area (Å²) in [5.41, 5.74) is 1.29.